The van der Waals surface area contributed by atoms with Crippen molar-refractivity contribution in [2.75, 3.05) is 0 Å². The second-order valence-corrected chi connectivity index (χ2v) is 15.6. The van der Waals surface area contributed by atoms with Crippen molar-refractivity contribution in [2.24, 2.45) is 28.1 Å². The van der Waals surface area contributed by atoms with Gasteiger partial charge in [-0.15, -0.1) is 0 Å². The highest BCUT2D eigenvalue weighted by atomic mass is 16.3. The Bertz CT molecular complexity index is 1670. The Hall–Kier alpha value is -3.71. The lowest BCUT2D eigenvalue weighted by Gasteiger charge is -2.59. The third-order valence-electron chi connectivity index (χ3n) is 10.5. The van der Waals surface area contributed by atoms with E-state index in [1.807, 2.05) is 25.1 Å². The van der Waals surface area contributed by atoms with Crippen LogP contribution in [0.15, 0.2) is 53.3 Å². The molecule has 2 aromatic carbocycles. The summed E-state index contributed by atoms with van der Waals surface area (Å²) in [5.74, 6) is -5.24. The van der Waals surface area contributed by atoms with Gasteiger partial charge in [0.15, 0.2) is 17.2 Å². The third kappa shape index (κ3) is 4.86. The highest BCUT2D eigenvalue weighted by Crippen LogP contribution is 2.65. The van der Waals surface area contributed by atoms with Crippen LogP contribution in [0.4, 0.5) is 0 Å². The molecule has 3 aliphatic carbocycles. The number of aliphatic hydroxyl groups excluding tert-OH is 2. The summed E-state index contributed by atoms with van der Waals surface area (Å²) in [7, 11) is 0. The van der Waals surface area contributed by atoms with Crippen LogP contribution in [0, 0.1) is 28.1 Å². The second-order valence-electron chi connectivity index (χ2n) is 15.6. The van der Waals surface area contributed by atoms with Crippen LogP contribution in [-0.2, 0) is 27.2 Å². The Morgan fingerprint density at radius 1 is 1.00 bits per heavy atom. The van der Waals surface area contributed by atoms with E-state index in [0.29, 0.717) is 5.56 Å². The maximum atomic E-state index is 14.5. The Kier molecular flexibility index (Phi) is 7.76. The molecule has 0 radical (unpaired) electrons. The van der Waals surface area contributed by atoms with E-state index in [1.165, 1.54) is 11.6 Å². The van der Waals surface area contributed by atoms with Crippen LogP contribution in [0.2, 0.25) is 0 Å². The summed E-state index contributed by atoms with van der Waals surface area (Å²) in [6.45, 7) is 14.9. The molecule has 4 atom stereocenters. The van der Waals surface area contributed by atoms with E-state index in [0.717, 1.165) is 37.3 Å². The molecular weight excluding hydrogens is 568 g/mol. The largest absolute Gasteiger partial charge is 0.508 e. The van der Waals surface area contributed by atoms with Crippen LogP contribution in [0.5, 0.6) is 5.75 Å². The summed E-state index contributed by atoms with van der Waals surface area (Å²) >= 11 is 0. The van der Waals surface area contributed by atoms with Gasteiger partial charge in [-0.3, -0.25) is 14.4 Å². The summed E-state index contributed by atoms with van der Waals surface area (Å²) in [6, 6.07) is 11.5. The molecule has 7 nitrogen and oxygen atoms in total. The number of hydrogen-bond acceptors (Lipinski definition) is 7. The normalized spacial score (nSPS) is 28.3. The van der Waals surface area contributed by atoms with Crippen LogP contribution >= 0.6 is 0 Å². The fourth-order valence-corrected chi connectivity index (χ4v) is 8.66. The summed E-state index contributed by atoms with van der Waals surface area (Å²) in [6.07, 6.45) is 3.45. The van der Waals surface area contributed by atoms with Gasteiger partial charge in [-0.2, -0.15) is 0 Å². The van der Waals surface area contributed by atoms with Gasteiger partial charge in [0.25, 0.3) is 0 Å². The van der Waals surface area contributed by atoms with Crippen LogP contribution in [0.1, 0.15) is 91.3 Å². The summed E-state index contributed by atoms with van der Waals surface area (Å²) in [4.78, 5) is 40.8. The molecule has 7 heteroatoms. The standard InChI is InChI=1S/C38H46O7/c1-20(2)29-31(41)27(21(3)39)33(43)38(45)34(44)30-32(42)28-25(18-36(30,7)19-37(29,38)8)24(15-16-26(28)40)23-13-11-22(12-14-23)10-9-17-35(4,5)6/h11-16,20,29,40,42-43,45H,9-10,17-19H2,1-8H3/t29?,36-,37-,38+/m1/s1. The predicted octanol–water partition coefficient (Wildman–Crippen LogP) is 7.23. The smallest absolute Gasteiger partial charge is 0.203 e. The number of rotatable bonds is 6. The van der Waals surface area contributed by atoms with Crippen molar-refractivity contribution in [2.45, 2.75) is 93.1 Å². The number of aromatic hydroxyl groups is 1. The summed E-state index contributed by atoms with van der Waals surface area (Å²) in [5, 5.41) is 46.4. The van der Waals surface area contributed by atoms with Crippen molar-refractivity contribution >= 4 is 23.1 Å². The summed E-state index contributed by atoms with van der Waals surface area (Å²) < 4.78 is 0. The quantitative estimate of drug-likeness (QED) is 0.253. The first kappa shape index (κ1) is 32.7. The SMILES string of the molecule is CC(=O)C1=C(O)[C@]2(O)C(=O)C3=C(O)c4c(O)ccc(-c5ccc(CCCC(C)(C)C)cc5)c4C[C@]3(C)C[C@]2(C)C(C(C)C)C1=O. The zero-order valence-electron chi connectivity index (χ0n) is 27.7. The molecule has 0 spiro atoms. The number of allylic oxidation sites excluding steroid dienone is 1. The molecule has 1 fully saturated rings. The predicted molar refractivity (Wildman–Crippen MR) is 174 cm³/mol. The minimum atomic E-state index is -2.62. The number of phenols is 1. The fraction of sp³-hybridized carbons (Fsp3) is 0.500. The molecular formula is C38H46O7. The molecule has 3 aliphatic rings. The Labute approximate surface area is 265 Å². The van der Waals surface area contributed by atoms with Gasteiger partial charge >= 0.3 is 0 Å². The molecule has 45 heavy (non-hydrogen) atoms. The number of carbonyl (C=O) groups is 3. The monoisotopic (exact) mass is 614 g/mol. The number of aliphatic hydroxyl groups is 3. The highest BCUT2D eigenvalue weighted by Gasteiger charge is 2.72. The molecule has 2 aromatic rings. The first-order valence-electron chi connectivity index (χ1n) is 15.9. The molecule has 1 unspecified atom stereocenters. The molecule has 0 heterocycles. The van der Waals surface area contributed by atoms with E-state index in [2.05, 4.69) is 32.9 Å². The Balaban J connectivity index is 1.66. The number of phenolic OH excluding ortho intramolecular Hbond substituents is 1. The molecule has 0 amide bonds. The molecule has 4 N–H and O–H groups in total. The zero-order valence-corrected chi connectivity index (χ0v) is 27.7. The van der Waals surface area contributed by atoms with Gasteiger partial charge in [-0.1, -0.05) is 78.8 Å². The van der Waals surface area contributed by atoms with Crippen LogP contribution in [-0.4, -0.2) is 43.4 Å². The van der Waals surface area contributed by atoms with E-state index in [4.69, 9.17) is 0 Å². The average Bonchev–Trinajstić information content (AvgIpc) is 2.90. The number of Topliss-reactive ketones (excluding diaryl/α,β-unsaturated/α-hetero) is 3. The molecule has 0 aliphatic heterocycles. The van der Waals surface area contributed by atoms with Crippen LogP contribution in [0.3, 0.4) is 0 Å². The number of ketones is 3. The van der Waals surface area contributed by atoms with Gasteiger partial charge in [0.05, 0.1) is 5.56 Å². The highest BCUT2D eigenvalue weighted by molar-refractivity contribution is 6.24. The van der Waals surface area contributed by atoms with E-state index in [-0.39, 0.29) is 41.1 Å². The first-order valence-corrected chi connectivity index (χ1v) is 15.9. The number of aryl methyl sites for hydroxylation is 1. The lowest BCUT2D eigenvalue weighted by molar-refractivity contribution is -0.178. The molecule has 5 rings (SSSR count). The van der Waals surface area contributed by atoms with E-state index in [1.54, 1.807) is 20.8 Å². The van der Waals surface area contributed by atoms with Gasteiger partial charge in [-0.25, -0.2) is 0 Å². The van der Waals surface area contributed by atoms with Crippen LogP contribution in [0.25, 0.3) is 16.9 Å². The van der Waals surface area contributed by atoms with Gasteiger partial charge in [0, 0.05) is 22.3 Å². The zero-order chi connectivity index (χ0) is 33.4. The first-order chi connectivity index (χ1) is 20.8. The van der Waals surface area contributed by atoms with E-state index < -0.39 is 56.8 Å². The Morgan fingerprint density at radius 2 is 1.62 bits per heavy atom. The minimum Gasteiger partial charge on any atom is -0.508 e. The Morgan fingerprint density at radius 3 is 2.18 bits per heavy atom. The number of hydrogen-bond donors (Lipinski definition) is 4. The summed E-state index contributed by atoms with van der Waals surface area (Å²) in [5.41, 5.74) is -1.90. The fourth-order valence-electron chi connectivity index (χ4n) is 8.66. The topological polar surface area (TPSA) is 132 Å². The number of benzene rings is 2. The molecule has 0 bridgehead atoms. The lowest BCUT2D eigenvalue weighted by atomic mass is 9.43. The van der Waals surface area contributed by atoms with Crippen molar-refractivity contribution in [1.82, 2.24) is 0 Å². The van der Waals surface area contributed by atoms with Crippen molar-refractivity contribution in [1.29, 1.82) is 0 Å². The minimum absolute atomic E-state index is 0.0622. The number of fused-ring (bicyclic) bond motifs is 3. The molecule has 1 saturated carbocycles. The van der Waals surface area contributed by atoms with Gasteiger partial charge in [-0.05, 0) is 78.7 Å². The van der Waals surface area contributed by atoms with Gasteiger partial charge < -0.3 is 20.4 Å². The van der Waals surface area contributed by atoms with E-state index in [9.17, 15) is 34.8 Å². The van der Waals surface area contributed by atoms with Crippen molar-refractivity contribution in [3.63, 3.8) is 0 Å². The third-order valence-corrected chi connectivity index (χ3v) is 10.5. The van der Waals surface area contributed by atoms with E-state index >= 15 is 0 Å². The van der Waals surface area contributed by atoms with Crippen LogP contribution < -0.4 is 0 Å². The van der Waals surface area contributed by atoms with Gasteiger partial charge in [0.1, 0.15) is 22.8 Å². The number of carbonyl (C=O) groups excluding carboxylic acids is 3. The maximum Gasteiger partial charge on any atom is 0.203 e. The van der Waals surface area contributed by atoms with Crippen molar-refractivity contribution in [3.05, 3.63) is 70.0 Å². The molecule has 240 valence electrons. The lowest BCUT2D eigenvalue weighted by Crippen LogP contribution is -2.69. The molecule has 0 aromatic heterocycles. The average molecular weight is 615 g/mol. The van der Waals surface area contributed by atoms with Crippen molar-refractivity contribution in [3.8, 4) is 16.9 Å². The van der Waals surface area contributed by atoms with Gasteiger partial charge in [0.2, 0.25) is 5.78 Å². The molecule has 0 saturated heterocycles. The maximum absolute atomic E-state index is 14.5. The second kappa shape index (κ2) is 10.7. The van der Waals surface area contributed by atoms with Crippen molar-refractivity contribution < 1.29 is 34.8 Å².